The van der Waals surface area contributed by atoms with Crippen molar-refractivity contribution in [1.82, 2.24) is 10.6 Å². The van der Waals surface area contributed by atoms with Crippen molar-refractivity contribution in [3.63, 3.8) is 0 Å². The number of carboxylic acids is 1. The van der Waals surface area contributed by atoms with Gasteiger partial charge in [-0.25, -0.2) is 9.59 Å². The third-order valence-electron chi connectivity index (χ3n) is 4.47. The number of esters is 1. The van der Waals surface area contributed by atoms with E-state index in [1.54, 1.807) is 13.8 Å². The smallest absolute Gasteiger partial charge is 0.407 e. The Balaban J connectivity index is 2.17. The lowest BCUT2D eigenvalue weighted by Gasteiger charge is -2.18. The van der Waals surface area contributed by atoms with Crippen molar-refractivity contribution >= 4 is 23.9 Å². The first kappa shape index (κ1) is 25.9. The Morgan fingerprint density at radius 3 is 2.39 bits per heavy atom. The van der Waals surface area contributed by atoms with Crippen LogP contribution in [0, 0.1) is 5.92 Å². The summed E-state index contributed by atoms with van der Waals surface area (Å²) in [5.41, 5.74) is 0.903. The van der Waals surface area contributed by atoms with Crippen molar-refractivity contribution in [3.05, 3.63) is 35.9 Å². The van der Waals surface area contributed by atoms with Crippen LogP contribution in [0.5, 0.6) is 0 Å². The van der Waals surface area contributed by atoms with E-state index in [1.807, 2.05) is 30.3 Å². The number of ether oxygens (including phenoxy) is 2. The molecule has 0 radical (unpaired) electrons. The predicted octanol–water partition coefficient (Wildman–Crippen LogP) is 2.63. The zero-order chi connectivity index (χ0) is 23.1. The second-order valence-electron chi connectivity index (χ2n) is 7.15. The molecule has 2 amide bonds. The Bertz CT molecular complexity index is 709. The number of hydrogen-bond acceptors (Lipinski definition) is 6. The van der Waals surface area contributed by atoms with Gasteiger partial charge in [0.1, 0.15) is 12.6 Å². The van der Waals surface area contributed by atoms with Crippen molar-refractivity contribution in [3.8, 4) is 0 Å². The van der Waals surface area contributed by atoms with Gasteiger partial charge in [0.15, 0.2) is 0 Å². The van der Waals surface area contributed by atoms with Gasteiger partial charge >= 0.3 is 18.0 Å². The minimum absolute atomic E-state index is 0.0328. The molecule has 0 saturated heterocycles. The van der Waals surface area contributed by atoms with Gasteiger partial charge in [0.2, 0.25) is 5.91 Å². The summed E-state index contributed by atoms with van der Waals surface area (Å²) < 4.78 is 9.96. The van der Waals surface area contributed by atoms with Crippen LogP contribution in [0.1, 0.15) is 51.5 Å². The van der Waals surface area contributed by atoms with Crippen LogP contribution in [0.25, 0.3) is 0 Å². The van der Waals surface area contributed by atoms with Crippen LogP contribution in [0.2, 0.25) is 0 Å². The number of carbonyl (C=O) groups excluding carboxylic acids is 3. The van der Waals surface area contributed by atoms with Gasteiger partial charge in [0.25, 0.3) is 0 Å². The SMILES string of the molecule is CCOC(=O)[C@@H](C)C[C@H](NC(=O)CCCCCNC(=O)OCc1ccccc1)C(=O)O. The summed E-state index contributed by atoms with van der Waals surface area (Å²) in [4.78, 5) is 46.7. The zero-order valence-corrected chi connectivity index (χ0v) is 18.1. The van der Waals surface area contributed by atoms with E-state index in [-0.39, 0.29) is 26.1 Å². The number of hydrogen-bond donors (Lipinski definition) is 3. The minimum Gasteiger partial charge on any atom is -0.480 e. The molecule has 2 atom stereocenters. The maximum Gasteiger partial charge on any atom is 0.407 e. The van der Waals surface area contributed by atoms with Gasteiger partial charge in [-0.2, -0.15) is 0 Å². The fraction of sp³-hybridized carbons (Fsp3) is 0.545. The van der Waals surface area contributed by atoms with Crippen LogP contribution in [-0.4, -0.2) is 48.2 Å². The Labute approximate surface area is 182 Å². The largest absolute Gasteiger partial charge is 0.480 e. The van der Waals surface area contributed by atoms with Gasteiger partial charge in [0.05, 0.1) is 12.5 Å². The van der Waals surface area contributed by atoms with Crippen molar-refractivity contribution in [2.24, 2.45) is 5.92 Å². The van der Waals surface area contributed by atoms with E-state index >= 15 is 0 Å². The summed E-state index contributed by atoms with van der Waals surface area (Å²) in [7, 11) is 0. The van der Waals surface area contributed by atoms with Crippen molar-refractivity contribution < 1.29 is 33.8 Å². The number of amides is 2. The van der Waals surface area contributed by atoms with E-state index in [4.69, 9.17) is 9.47 Å². The maximum atomic E-state index is 12.0. The number of carbonyl (C=O) groups is 4. The molecular weight excluding hydrogens is 404 g/mol. The average Bonchev–Trinajstić information content (AvgIpc) is 2.74. The lowest BCUT2D eigenvalue weighted by atomic mass is 10.0. The Morgan fingerprint density at radius 2 is 1.74 bits per heavy atom. The van der Waals surface area contributed by atoms with Crippen LogP contribution in [-0.2, 0) is 30.5 Å². The van der Waals surface area contributed by atoms with E-state index in [0.717, 1.165) is 5.56 Å². The molecular formula is C22H32N2O7. The summed E-state index contributed by atoms with van der Waals surface area (Å²) in [5.74, 6) is -2.70. The molecule has 0 spiro atoms. The molecule has 0 heterocycles. The van der Waals surface area contributed by atoms with Gasteiger partial charge in [-0.15, -0.1) is 0 Å². The Kier molecular flexibility index (Phi) is 12.4. The standard InChI is InChI=1S/C22H32N2O7/c1-3-30-21(28)16(2)14-18(20(26)27)24-19(25)12-8-5-9-13-23-22(29)31-15-17-10-6-4-7-11-17/h4,6-7,10-11,16,18H,3,5,8-9,12-15H2,1-2H3,(H,23,29)(H,24,25)(H,26,27)/t16-,18-/m0/s1. The average molecular weight is 437 g/mol. The lowest BCUT2D eigenvalue weighted by Crippen LogP contribution is -2.42. The van der Waals surface area contributed by atoms with Crippen LogP contribution in [0.3, 0.4) is 0 Å². The molecule has 1 aromatic carbocycles. The van der Waals surface area contributed by atoms with E-state index in [1.165, 1.54) is 0 Å². The molecule has 0 bridgehead atoms. The van der Waals surface area contributed by atoms with Crippen LogP contribution < -0.4 is 10.6 Å². The first-order valence-electron chi connectivity index (χ1n) is 10.5. The van der Waals surface area contributed by atoms with E-state index < -0.39 is 35.9 Å². The van der Waals surface area contributed by atoms with Gasteiger partial charge in [-0.05, 0) is 31.7 Å². The second kappa shape index (κ2) is 14.8. The highest BCUT2D eigenvalue weighted by atomic mass is 16.5. The first-order chi connectivity index (χ1) is 14.8. The molecule has 9 heteroatoms. The highest BCUT2D eigenvalue weighted by molar-refractivity contribution is 5.84. The maximum absolute atomic E-state index is 12.0. The number of nitrogens with one attached hydrogen (secondary N) is 2. The predicted molar refractivity (Wildman–Crippen MR) is 113 cm³/mol. The molecule has 1 rings (SSSR count). The second-order valence-corrected chi connectivity index (χ2v) is 7.15. The fourth-order valence-electron chi connectivity index (χ4n) is 2.77. The molecule has 9 nitrogen and oxygen atoms in total. The quantitative estimate of drug-likeness (QED) is 0.302. The molecule has 0 aliphatic carbocycles. The molecule has 0 aromatic heterocycles. The number of alkyl carbamates (subject to hydrolysis) is 1. The summed E-state index contributed by atoms with van der Waals surface area (Å²) >= 11 is 0. The molecule has 0 fully saturated rings. The summed E-state index contributed by atoms with van der Waals surface area (Å²) in [6, 6.07) is 8.21. The van der Waals surface area contributed by atoms with Crippen LogP contribution in [0.4, 0.5) is 4.79 Å². The van der Waals surface area contributed by atoms with Crippen LogP contribution in [0.15, 0.2) is 30.3 Å². The molecule has 172 valence electrons. The van der Waals surface area contributed by atoms with Gasteiger partial charge in [0, 0.05) is 13.0 Å². The topological polar surface area (TPSA) is 131 Å². The molecule has 0 unspecified atom stereocenters. The summed E-state index contributed by atoms with van der Waals surface area (Å²) in [6.07, 6.45) is 1.53. The normalized spacial score (nSPS) is 12.3. The lowest BCUT2D eigenvalue weighted by molar-refractivity contribution is -0.149. The van der Waals surface area contributed by atoms with E-state index in [2.05, 4.69) is 10.6 Å². The Hall–Kier alpha value is -3.10. The van der Waals surface area contributed by atoms with E-state index in [9.17, 15) is 24.3 Å². The summed E-state index contributed by atoms with van der Waals surface area (Å²) in [6.45, 7) is 4.07. The number of aliphatic carboxylic acids is 1. The fourth-order valence-corrected chi connectivity index (χ4v) is 2.77. The number of rotatable bonds is 14. The van der Waals surface area contributed by atoms with Gasteiger partial charge in [-0.1, -0.05) is 43.7 Å². The van der Waals surface area contributed by atoms with Crippen molar-refractivity contribution in [2.45, 2.75) is 58.6 Å². The molecule has 1 aromatic rings. The van der Waals surface area contributed by atoms with Gasteiger partial charge < -0.3 is 25.2 Å². The van der Waals surface area contributed by atoms with E-state index in [0.29, 0.717) is 25.8 Å². The van der Waals surface area contributed by atoms with Crippen molar-refractivity contribution in [1.29, 1.82) is 0 Å². The number of benzene rings is 1. The first-order valence-corrected chi connectivity index (χ1v) is 10.5. The third-order valence-corrected chi connectivity index (χ3v) is 4.47. The molecule has 3 N–H and O–H groups in total. The molecule has 31 heavy (non-hydrogen) atoms. The Morgan fingerprint density at radius 1 is 1.03 bits per heavy atom. The number of unbranched alkanes of at least 4 members (excludes halogenated alkanes) is 2. The minimum atomic E-state index is -1.19. The highest BCUT2D eigenvalue weighted by Crippen LogP contribution is 2.10. The van der Waals surface area contributed by atoms with Crippen molar-refractivity contribution in [2.75, 3.05) is 13.2 Å². The highest BCUT2D eigenvalue weighted by Gasteiger charge is 2.26. The van der Waals surface area contributed by atoms with Crippen LogP contribution >= 0.6 is 0 Å². The molecule has 0 aliphatic heterocycles. The van der Waals surface area contributed by atoms with Gasteiger partial charge in [-0.3, -0.25) is 9.59 Å². The number of carboxylic acid groups (broad SMARTS) is 1. The third kappa shape index (κ3) is 11.6. The molecule has 0 saturated carbocycles. The molecule has 0 aliphatic rings. The zero-order valence-electron chi connectivity index (χ0n) is 18.1. The monoisotopic (exact) mass is 436 g/mol. The summed E-state index contributed by atoms with van der Waals surface area (Å²) in [5, 5.41) is 14.4.